The number of aromatic nitrogens is 6. The monoisotopic (exact) mass is 435 g/mol. The first-order valence-electron chi connectivity index (χ1n) is 9.69. The van der Waals surface area contributed by atoms with Gasteiger partial charge in [-0.25, -0.2) is 13.9 Å². The third kappa shape index (κ3) is 2.97. The molecule has 154 valence electrons. The van der Waals surface area contributed by atoms with E-state index in [-0.39, 0.29) is 11.9 Å². The number of benzene rings is 1. The number of nitrogens with one attached hydrogen (secondary N) is 1. The lowest BCUT2D eigenvalue weighted by molar-refractivity contribution is 0.503. The molecular formula is C21H15ClFN7O. The Hall–Kier alpha value is -3.72. The fourth-order valence-corrected chi connectivity index (χ4v) is 4.17. The lowest BCUT2D eigenvalue weighted by Gasteiger charge is -2.32. The summed E-state index contributed by atoms with van der Waals surface area (Å²) in [7, 11) is 0. The molecule has 1 atom stereocenters. The smallest absolute Gasteiger partial charge is 0.319 e. The van der Waals surface area contributed by atoms with E-state index in [9.17, 15) is 4.39 Å². The highest BCUT2D eigenvalue weighted by Crippen LogP contribution is 2.37. The molecule has 1 aliphatic heterocycles. The van der Waals surface area contributed by atoms with Crippen molar-refractivity contribution in [2.75, 3.05) is 11.4 Å². The standard InChI is InChI=1S/C21H15ClFN7O/c22-14-2-1-8-30-17(14)10-16(28-30)19-18-15(24-11-25-18)7-9-29(19)21-27-26-20(31-21)12-3-5-13(23)6-4-12/h1-6,8,10-11,19H,7,9H2,(H,24,25). The quantitative estimate of drug-likeness (QED) is 0.460. The number of nitrogens with zero attached hydrogens (tertiary/aromatic N) is 6. The zero-order valence-corrected chi connectivity index (χ0v) is 16.8. The summed E-state index contributed by atoms with van der Waals surface area (Å²) in [4.78, 5) is 9.74. The van der Waals surface area contributed by atoms with E-state index in [1.165, 1.54) is 12.1 Å². The van der Waals surface area contributed by atoms with Gasteiger partial charge in [-0.2, -0.15) is 5.10 Å². The Morgan fingerprint density at radius 3 is 2.87 bits per heavy atom. The highest BCUT2D eigenvalue weighted by molar-refractivity contribution is 6.33. The zero-order chi connectivity index (χ0) is 20.9. The fourth-order valence-electron chi connectivity index (χ4n) is 3.96. The van der Waals surface area contributed by atoms with E-state index in [1.807, 2.05) is 29.3 Å². The third-order valence-electron chi connectivity index (χ3n) is 5.43. The maximum atomic E-state index is 13.3. The van der Waals surface area contributed by atoms with Crippen LogP contribution < -0.4 is 4.90 Å². The van der Waals surface area contributed by atoms with Crippen LogP contribution in [-0.2, 0) is 6.42 Å². The minimum absolute atomic E-state index is 0.319. The first kappa shape index (κ1) is 18.1. The van der Waals surface area contributed by atoms with Crippen LogP contribution in [0.3, 0.4) is 0 Å². The van der Waals surface area contributed by atoms with Gasteiger partial charge in [0.15, 0.2) is 0 Å². The molecule has 0 bridgehead atoms. The lowest BCUT2D eigenvalue weighted by Crippen LogP contribution is -2.36. The molecule has 4 aromatic heterocycles. The van der Waals surface area contributed by atoms with Gasteiger partial charge in [0.05, 0.1) is 28.3 Å². The van der Waals surface area contributed by atoms with Crippen molar-refractivity contribution < 1.29 is 8.81 Å². The molecule has 5 aromatic rings. The minimum Gasteiger partial charge on any atom is -0.403 e. The van der Waals surface area contributed by atoms with Gasteiger partial charge in [0.1, 0.15) is 11.9 Å². The third-order valence-corrected chi connectivity index (χ3v) is 5.75. The normalized spacial score (nSPS) is 16.1. The second-order valence-corrected chi connectivity index (χ2v) is 7.67. The minimum atomic E-state index is -0.326. The van der Waals surface area contributed by atoms with E-state index in [2.05, 4.69) is 20.2 Å². The van der Waals surface area contributed by atoms with Gasteiger partial charge in [-0.3, -0.25) is 0 Å². The van der Waals surface area contributed by atoms with E-state index < -0.39 is 0 Å². The molecule has 1 N–H and O–H groups in total. The number of H-pyrrole nitrogens is 1. The topological polar surface area (TPSA) is 88.1 Å². The number of imidazole rings is 1. The van der Waals surface area contributed by atoms with E-state index in [4.69, 9.17) is 21.1 Å². The first-order valence-corrected chi connectivity index (χ1v) is 10.1. The van der Waals surface area contributed by atoms with Gasteiger partial charge in [0.25, 0.3) is 0 Å². The van der Waals surface area contributed by atoms with Crippen LogP contribution in [0.5, 0.6) is 0 Å². The summed E-state index contributed by atoms with van der Waals surface area (Å²) >= 11 is 6.36. The molecule has 0 spiro atoms. The van der Waals surface area contributed by atoms with Crippen molar-refractivity contribution in [2.45, 2.75) is 12.5 Å². The maximum Gasteiger partial charge on any atom is 0.319 e. The van der Waals surface area contributed by atoms with Crippen LogP contribution in [0.1, 0.15) is 23.1 Å². The SMILES string of the molecule is Fc1ccc(-c2nnc(N3CCc4[nH]cnc4C3c3cc4c(Cl)cccn4n3)o2)cc1. The molecule has 1 aromatic carbocycles. The summed E-state index contributed by atoms with van der Waals surface area (Å²) in [5.41, 5.74) is 4.12. The summed E-state index contributed by atoms with van der Waals surface area (Å²) < 4.78 is 21.0. The second kappa shape index (κ2) is 6.92. The molecule has 1 aliphatic rings. The average Bonchev–Trinajstić information content (AvgIpc) is 3.52. The van der Waals surface area contributed by atoms with Crippen molar-refractivity contribution in [1.82, 2.24) is 29.8 Å². The van der Waals surface area contributed by atoms with Crippen LogP contribution in [0.4, 0.5) is 10.4 Å². The molecule has 0 aliphatic carbocycles. The van der Waals surface area contributed by atoms with E-state index >= 15 is 0 Å². The van der Waals surface area contributed by atoms with E-state index in [1.54, 1.807) is 23.0 Å². The Bertz CT molecular complexity index is 1390. The number of aromatic amines is 1. The number of hydrogen-bond donors (Lipinski definition) is 1. The number of pyridine rings is 1. The Morgan fingerprint density at radius 1 is 1.16 bits per heavy atom. The maximum absolute atomic E-state index is 13.3. The van der Waals surface area contributed by atoms with Gasteiger partial charge in [0.2, 0.25) is 5.89 Å². The summed E-state index contributed by atoms with van der Waals surface area (Å²) in [6.45, 7) is 0.631. The number of anilines is 1. The number of fused-ring (bicyclic) bond motifs is 2. The Labute approximate surface area is 180 Å². The summed E-state index contributed by atoms with van der Waals surface area (Å²) in [5.74, 6) is -0.00391. The number of halogens is 2. The highest BCUT2D eigenvalue weighted by atomic mass is 35.5. The Morgan fingerprint density at radius 2 is 2.03 bits per heavy atom. The Balaban J connectivity index is 1.44. The average molecular weight is 436 g/mol. The lowest BCUT2D eigenvalue weighted by atomic mass is 10.0. The van der Waals surface area contributed by atoms with Crippen molar-refractivity contribution in [3.05, 3.63) is 82.9 Å². The molecule has 0 saturated heterocycles. The van der Waals surface area contributed by atoms with Gasteiger partial charge in [-0.15, -0.1) is 5.10 Å². The van der Waals surface area contributed by atoms with Crippen LogP contribution in [0.15, 0.2) is 59.4 Å². The molecule has 0 amide bonds. The van der Waals surface area contributed by atoms with Crippen LogP contribution in [0, 0.1) is 5.82 Å². The molecule has 8 nitrogen and oxygen atoms in total. The van der Waals surface area contributed by atoms with Crippen molar-refractivity contribution in [2.24, 2.45) is 0 Å². The molecule has 0 fully saturated rings. The van der Waals surface area contributed by atoms with Crippen LogP contribution in [0.2, 0.25) is 5.02 Å². The molecular weight excluding hydrogens is 421 g/mol. The van der Waals surface area contributed by atoms with E-state index in [0.29, 0.717) is 29.0 Å². The molecule has 0 radical (unpaired) electrons. The van der Waals surface area contributed by atoms with Crippen molar-refractivity contribution >= 4 is 23.1 Å². The van der Waals surface area contributed by atoms with Gasteiger partial charge in [0, 0.05) is 30.4 Å². The van der Waals surface area contributed by atoms with Crippen molar-refractivity contribution in [3.63, 3.8) is 0 Å². The fraction of sp³-hybridized carbons (Fsp3) is 0.143. The van der Waals surface area contributed by atoms with E-state index in [0.717, 1.165) is 29.0 Å². The van der Waals surface area contributed by atoms with Gasteiger partial charge in [-0.05, 0) is 42.5 Å². The zero-order valence-electron chi connectivity index (χ0n) is 16.0. The Kier molecular flexibility index (Phi) is 4.03. The molecule has 0 saturated carbocycles. The van der Waals surface area contributed by atoms with Crippen molar-refractivity contribution in [3.8, 4) is 11.5 Å². The summed E-state index contributed by atoms with van der Waals surface area (Å²) in [6.07, 6.45) is 4.28. The van der Waals surface area contributed by atoms with Gasteiger partial charge < -0.3 is 14.3 Å². The summed E-state index contributed by atoms with van der Waals surface area (Å²) in [5, 5.41) is 13.8. The second-order valence-electron chi connectivity index (χ2n) is 7.26. The first-order chi connectivity index (χ1) is 15.2. The number of hydrogen-bond acceptors (Lipinski definition) is 6. The molecule has 10 heteroatoms. The molecule has 6 rings (SSSR count). The number of rotatable bonds is 3. The highest BCUT2D eigenvalue weighted by Gasteiger charge is 2.36. The predicted octanol–water partition coefficient (Wildman–Crippen LogP) is 4.05. The van der Waals surface area contributed by atoms with Gasteiger partial charge >= 0.3 is 6.01 Å². The predicted molar refractivity (Wildman–Crippen MR) is 111 cm³/mol. The van der Waals surface area contributed by atoms with Crippen LogP contribution in [0.25, 0.3) is 17.0 Å². The molecule has 1 unspecified atom stereocenters. The summed E-state index contributed by atoms with van der Waals surface area (Å²) in [6, 6.07) is 11.6. The van der Waals surface area contributed by atoms with Crippen LogP contribution in [-0.4, -0.2) is 36.3 Å². The van der Waals surface area contributed by atoms with Crippen LogP contribution >= 0.6 is 11.6 Å². The largest absolute Gasteiger partial charge is 0.403 e. The molecule has 5 heterocycles. The van der Waals surface area contributed by atoms with Gasteiger partial charge in [-0.1, -0.05) is 16.7 Å². The molecule has 31 heavy (non-hydrogen) atoms. The van der Waals surface area contributed by atoms with Crippen molar-refractivity contribution in [1.29, 1.82) is 0 Å².